The van der Waals surface area contributed by atoms with Gasteiger partial charge < -0.3 is 15.2 Å². The number of methoxy groups -OCH3 is 2. The lowest BCUT2D eigenvalue weighted by Gasteiger charge is -2.17. The maximum atomic E-state index is 6.38. The van der Waals surface area contributed by atoms with Gasteiger partial charge in [0, 0.05) is 4.47 Å². The molecule has 0 bridgehead atoms. The average molecular weight is 336 g/mol. The third kappa shape index (κ3) is 2.97. The number of rotatable bonds is 4. The summed E-state index contributed by atoms with van der Waals surface area (Å²) in [5.41, 5.74) is 9.63. The van der Waals surface area contributed by atoms with E-state index in [1.165, 1.54) is 0 Å². The summed E-state index contributed by atoms with van der Waals surface area (Å²) in [5.74, 6) is 1.39. The normalized spacial score (nSPS) is 12.1. The molecule has 0 spiro atoms. The molecule has 106 valence electrons. The number of hydrogen-bond acceptors (Lipinski definition) is 3. The topological polar surface area (TPSA) is 44.5 Å². The van der Waals surface area contributed by atoms with Gasteiger partial charge in [0.15, 0.2) is 11.5 Å². The molecule has 1 atom stereocenters. The van der Waals surface area contributed by atoms with Crippen molar-refractivity contribution in [2.45, 2.75) is 13.0 Å². The van der Waals surface area contributed by atoms with Gasteiger partial charge in [0.25, 0.3) is 0 Å². The molecule has 0 fully saturated rings. The smallest absolute Gasteiger partial charge is 0.161 e. The molecule has 0 radical (unpaired) electrons. The zero-order valence-corrected chi connectivity index (χ0v) is 13.4. The standard InChI is InChI=1S/C16H18BrNO2/c1-10-4-6-12(17)9-13(10)16(18)11-5-7-14(19-2)15(8-11)20-3/h4-9,16H,18H2,1-3H3. The molecule has 0 saturated carbocycles. The minimum atomic E-state index is -0.202. The van der Waals surface area contributed by atoms with Gasteiger partial charge in [0.05, 0.1) is 20.3 Å². The quantitative estimate of drug-likeness (QED) is 0.923. The molecule has 0 aliphatic rings. The Kier molecular flexibility index (Phi) is 4.68. The molecule has 4 heteroatoms. The number of halogens is 1. The van der Waals surface area contributed by atoms with Gasteiger partial charge in [-0.05, 0) is 47.9 Å². The van der Waals surface area contributed by atoms with Gasteiger partial charge in [0.2, 0.25) is 0 Å². The highest BCUT2D eigenvalue weighted by Gasteiger charge is 2.14. The summed E-state index contributed by atoms with van der Waals surface area (Å²) in [6.07, 6.45) is 0. The lowest BCUT2D eigenvalue weighted by atomic mass is 9.95. The SMILES string of the molecule is COc1ccc(C(N)c2cc(Br)ccc2C)cc1OC. The zero-order valence-electron chi connectivity index (χ0n) is 11.8. The van der Waals surface area contributed by atoms with Crippen LogP contribution in [0.25, 0.3) is 0 Å². The van der Waals surface area contributed by atoms with Crippen LogP contribution in [0, 0.1) is 6.92 Å². The molecule has 0 heterocycles. The highest BCUT2D eigenvalue weighted by molar-refractivity contribution is 9.10. The van der Waals surface area contributed by atoms with Crippen molar-refractivity contribution in [1.82, 2.24) is 0 Å². The second-order valence-corrected chi connectivity index (χ2v) is 5.51. The Morgan fingerprint density at radius 3 is 2.35 bits per heavy atom. The van der Waals surface area contributed by atoms with E-state index in [4.69, 9.17) is 15.2 Å². The van der Waals surface area contributed by atoms with Crippen molar-refractivity contribution in [2.24, 2.45) is 5.73 Å². The van der Waals surface area contributed by atoms with Crippen molar-refractivity contribution < 1.29 is 9.47 Å². The van der Waals surface area contributed by atoms with Gasteiger partial charge in [-0.2, -0.15) is 0 Å². The Balaban J connectivity index is 2.42. The van der Waals surface area contributed by atoms with E-state index in [9.17, 15) is 0 Å². The van der Waals surface area contributed by atoms with Gasteiger partial charge in [-0.25, -0.2) is 0 Å². The number of ether oxygens (including phenoxy) is 2. The third-order valence-corrected chi connectivity index (χ3v) is 3.84. The van der Waals surface area contributed by atoms with Crippen molar-refractivity contribution in [3.05, 3.63) is 57.6 Å². The van der Waals surface area contributed by atoms with Crippen molar-refractivity contribution in [1.29, 1.82) is 0 Å². The zero-order chi connectivity index (χ0) is 14.7. The molecule has 0 amide bonds. The van der Waals surface area contributed by atoms with Crippen LogP contribution in [0.2, 0.25) is 0 Å². The van der Waals surface area contributed by atoms with Gasteiger partial charge in [-0.15, -0.1) is 0 Å². The van der Waals surface area contributed by atoms with E-state index in [0.717, 1.165) is 21.2 Å². The summed E-state index contributed by atoms with van der Waals surface area (Å²) in [7, 11) is 3.24. The molecule has 0 aliphatic carbocycles. The Morgan fingerprint density at radius 2 is 1.70 bits per heavy atom. The first-order valence-electron chi connectivity index (χ1n) is 6.30. The van der Waals surface area contributed by atoms with Crippen LogP contribution in [0.5, 0.6) is 11.5 Å². The van der Waals surface area contributed by atoms with Gasteiger partial charge in [-0.1, -0.05) is 28.1 Å². The third-order valence-electron chi connectivity index (χ3n) is 3.34. The lowest BCUT2D eigenvalue weighted by molar-refractivity contribution is 0.354. The van der Waals surface area contributed by atoms with E-state index in [1.54, 1.807) is 14.2 Å². The summed E-state index contributed by atoms with van der Waals surface area (Å²) in [6, 6.07) is 11.7. The highest BCUT2D eigenvalue weighted by Crippen LogP contribution is 2.32. The fraction of sp³-hybridized carbons (Fsp3) is 0.250. The lowest BCUT2D eigenvalue weighted by Crippen LogP contribution is -2.13. The van der Waals surface area contributed by atoms with Crippen LogP contribution in [0.15, 0.2) is 40.9 Å². The van der Waals surface area contributed by atoms with E-state index >= 15 is 0 Å². The van der Waals surface area contributed by atoms with Crippen molar-refractivity contribution in [2.75, 3.05) is 14.2 Å². The predicted molar refractivity (Wildman–Crippen MR) is 84.5 cm³/mol. The first kappa shape index (κ1) is 14.9. The minimum Gasteiger partial charge on any atom is -0.493 e. The largest absolute Gasteiger partial charge is 0.493 e. The molecule has 1 unspecified atom stereocenters. The maximum Gasteiger partial charge on any atom is 0.161 e. The Morgan fingerprint density at radius 1 is 1.00 bits per heavy atom. The van der Waals surface area contributed by atoms with Crippen LogP contribution in [0.1, 0.15) is 22.7 Å². The molecule has 0 aliphatic heterocycles. The molecule has 20 heavy (non-hydrogen) atoms. The molecule has 2 aromatic carbocycles. The van der Waals surface area contributed by atoms with Crippen LogP contribution in [-0.2, 0) is 0 Å². The van der Waals surface area contributed by atoms with Crippen LogP contribution < -0.4 is 15.2 Å². The minimum absolute atomic E-state index is 0.202. The summed E-state index contributed by atoms with van der Waals surface area (Å²) in [5, 5.41) is 0. The van der Waals surface area contributed by atoms with E-state index in [1.807, 2.05) is 24.3 Å². The van der Waals surface area contributed by atoms with E-state index in [2.05, 4.69) is 35.0 Å². The van der Waals surface area contributed by atoms with Crippen molar-refractivity contribution in [3.8, 4) is 11.5 Å². The van der Waals surface area contributed by atoms with Crippen molar-refractivity contribution in [3.63, 3.8) is 0 Å². The van der Waals surface area contributed by atoms with Gasteiger partial charge in [0.1, 0.15) is 0 Å². The van der Waals surface area contributed by atoms with Gasteiger partial charge >= 0.3 is 0 Å². The molecule has 3 nitrogen and oxygen atoms in total. The monoisotopic (exact) mass is 335 g/mol. The Hall–Kier alpha value is -1.52. The first-order valence-corrected chi connectivity index (χ1v) is 7.09. The summed E-state index contributed by atoms with van der Waals surface area (Å²) < 4.78 is 11.6. The summed E-state index contributed by atoms with van der Waals surface area (Å²) in [4.78, 5) is 0. The average Bonchev–Trinajstić information content (AvgIpc) is 2.48. The predicted octanol–water partition coefficient (Wildman–Crippen LogP) is 3.82. The molecular weight excluding hydrogens is 318 g/mol. The van der Waals surface area contributed by atoms with Gasteiger partial charge in [-0.3, -0.25) is 0 Å². The van der Waals surface area contributed by atoms with Crippen LogP contribution >= 0.6 is 15.9 Å². The number of nitrogens with two attached hydrogens (primary N) is 1. The van der Waals surface area contributed by atoms with Crippen molar-refractivity contribution >= 4 is 15.9 Å². The van der Waals surface area contributed by atoms with E-state index in [-0.39, 0.29) is 6.04 Å². The molecule has 0 aromatic heterocycles. The second-order valence-electron chi connectivity index (χ2n) is 4.59. The van der Waals surface area contributed by atoms with E-state index < -0.39 is 0 Å². The highest BCUT2D eigenvalue weighted by atomic mass is 79.9. The molecule has 2 aromatic rings. The second kappa shape index (κ2) is 6.29. The fourth-order valence-corrected chi connectivity index (χ4v) is 2.55. The number of hydrogen-bond donors (Lipinski definition) is 1. The van der Waals surface area contributed by atoms with Crippen LogP contribution in [-0.4, -0.2) is 14.2 Å². The summed E-state index contributed by atoms with van der Waals surface area (Å²) in [6.45, 7) is 2.06. The fourth-order valence-electron chi connectivity index (χ4n) is 2.17. The molecular formula is C16H18BrNO2. The molecule has 0 saturated heterocycles. The molecule has 2 rings (SSSR count). The maximum absolute atomic E-state index is 6.38. The number of benzene rings is 2. The Bertz CT molecular complexity index is 613. The summed E-state index contributed by atoms with van der Waals surface area (Å²) >= 11 is 3.49. The molecule has 2 N–H and O–H groups in total. The van der Waals surface area contributed by atoms with Crippen LogP contribution in [0.3, 0.4) is 0 Å². The number of aryl methyl sites for hydroxylation is 1. The first-order chi connectivity index (χ1) is 9.56. The Labute approximate surface area is 127 Å². The van der Waals surface area contributed by atoms with E-state index in [0.29, 0.717) is 11.5 Å². The van der Waals surface area contributed by atoms with Crippen LogP contribution in [0.4, 0.5) is 0 Å².